The van der Waals surface area contributed by atoms with E-state index in [2.05, 4.69) is 29.6 Å². The number of hydrogen-bond donors (Lipinski definition) is 2. The Balaban J connectivity index is 1.41. The molecule has 3 aromatic rings. The second kappa shape index (κ2) is 7.47. The summed E-state index contributed by atoms with van der Waals surface area (Å²) in [5.74, 6) is 1.80. The van der Waals surface area contributed by atoms with E-state index in [-0.39, 0.29) is 12.1 Å². The van der Waals surface area contributed by atoms with Crippen molar-refractivity contribution in [3.05, 3.63) is 75.0 Å². The third kappa shape index (κ3) is 3.61. The minimum absolute atomic E-state index is 0.0418. The van der Waals surface area contributed by atoms with Crippen LogP contribution in [0.1, 0.15) is 66.1 Å². The molecule has 6 heteroatoms. The number of benzene rings is 2. The molecule has 0 aliphatic heterocycles. The first-order valence-electron chi connectivity index (χ1n) is 11.1. The molecule has 1 aromatic heterocycles. The number of nitrogens with zero attached hydrogens (tertiary/aromatic N) is 2. The molecule has 31 heavy (non-hydrogen) atoms. The molecule has 2 atom stereocenters. The number of aromatic nitrogens is 2. The van der Waals surface area contributed by atoms with Crippen molar-refractivity contribution in [3.63, 3.8) is 0 Å². The second-order valence-corrected chi connectivity index (χ2v) is 9.89. The molecule has 158 valence electrons. The summed E-state index contributed by atoms with van der Waals surface area (Å²) in [6.07, 6.45) is 5.49. The SMILES string of the molecule is N[C@@H]1c2ccccc2C[C@H]1Nc1nc(C2CC2)c(-c2ccc(Cl)cc2Cl)nc1C1CC1. The van der Waals surface area contributed by atoms with E-state index in [1.54, 1.807) is 6.07 Å². The van der Waals surface area contributed by atoms with Gasteiger partial charge in [-0.05, 0) is 61.4 Å². The van der Waals surface area contributed by atoms with Gasteiger partial charge in [0.05, 0.1) is 34.2 Å². The lowest BCUT2D eigenvalue weighted by atomic mass is 10.1. The molecule has 4 nitrogen and oxygen atoms in total. The lowest BCUT2D eigenvalue weighted by Gasteiger charge is -2.22. The van der Waals surface area contributed by atoms with Crippen molar-refractivity contribution in [3.8, 4) is 11.3 Å². The van der Waals surface area contributed by atoms with Gasteiger partial charge in [-0.1, -0.05) is 47.5 Å². The quantitative estimate of drug-likeness (QED) is 0.482. The summed E-state index contributed by atoms with van der Waals surface area (Å²) in [5.41, 5.74) is 13.1. The van der Waals surface area contributed by atoms with Crippen LogP contribution in [-0.2, 0) is 6.42 Å². The molecule has 3 N–H and O–H groups in total. The molecule has 0 spiro atoms. The van der Waals surface area contributed by atoms with Gasteiger partial charge >= 0.3 is 0 Å². The third-order valence-corrected chi connectivity index (χ3v) is 7.22. The molecule has 0 bridgehead atoms. The topological polar surface area (TPSA) is 63.8 Å². The molecular weight excluding hydrogens is 427 g/mol. The predicted molar refractivity (Wildman–Crippen MR) is 126 cm³/mol. The van der Waals surface area contributed by atoms with Crippen molar-refractivity contribution < 1.29 is 0 Å². The highest BCUT2D eigenvalue weighted by Crippen LogP contribution is 2.48. The summed E-state index contributed by atoms with van der Waals surface area (Å²) < 4.78 is 0. The number of nitrogens with two attached hydrogens (primary N) is 1. The fourth-order valence-electron chi connectivity index (χ4n) is 4.67. The second-order valence-electron chi connectivity index (χ2n) is 9.04. The van der Waals surface area contributed by atoms with Crippen LogP contribution in [0.4, 0.5) is 5.82 Å². The molecule has 0 radical (unpaired) electrons. The van der Waals surface area contributed by atoms with E-state index < -0.39 is 0 Å². The van der Waals surface area contributed by atoms with Crippen LogP contribution in [0.25, 0.3) is 11.3 Å². The zero-order valence-corrected chi connectivity index (χ0v) is 18.6. The van der Waals surface area contributed by atoms with Crippen molar-refractivity contribution >= 4 is 29.0 Å². The summed E-state index contributed by atoms with van der Waals surface area (Å²) in [5, 5.41) is 4.95. The van der Waals surface area contributed by atoms with Gasteiger partial charge in [0, 0.05) is 22.4 Å². The Hall–Kier alpha value is -2.14. The van der Waals surface area contributed by atoms with Crippen LogP contribution in [0.3, 0.4) is 0 Å². The standard InChI is InChI=1S/C25H24Cl2N4/c26-16-9-10-18(19(27)12-16)24-22(13-5-6-13)31-25(23(30-24)14-7-8-14)29-20-11-15-3-1-2-4-17(15)21(20)28/h1-4,9-10,12-14,20-21H,5-8,11,28H2,(H,29,31)/t20-,21-/m1/s1. The van der Waals surface area contributed by atoms with Crippen LogP contribution in [0.5, 0.6) is 0 Å². The highest BCUT2D eigenvalue weighted by Gasteiger charge is 2.37. The monoisotopic (exact) mass is 450 g/mol. The number of rotatable bonds is 5. The van der Waals surface area contributed by atoms with Crippen molar-refractivity contribution in [2.24, 2.45) is 5.73 Å². The van der Waals surface area contributed by atoms with E-state index in [9.17, 15) is 0 Å². The first kappa shape index (κ1) is 19.5. The molecule has 3 aliphatic carbocycles. The molecule has 0 unspecified atom stereocenters. The lowest BCUT2D eigenvalue weighted by molar-refractivity contribution is 0.625. The average Bonchev–Trinajstić information content (AvgIpc) is 3.67. The molecule has 2 aromatic carbocycles. The van der Waals surface area contributed by atoms with Gasteiger partial charge in [0.15, 0.2) is 0 Å². The van der Waals surface area contributed by atoms with Gasteiger partial charge in [0.1, 0.15) is 5.82 Å². The Kier molecular flexibility index (Phi) is 4.71. The fraction of sp³-hybridized carbons (Fsp3) is 0.360. The van der Waals surface area contributed by atoms with E-state index in [4.69, 9.17) is 38.9 Å². The third-order valence-electron chi connectivity index (χ3n) is 6.67. The zero-order valence-electron chi connectivity index (χ0n) is 17.1. The van der Waals surface area contributed by atoms with Crippen LogP contribution in [0, 0.1) is 0 Å². The van der Waals surface area contributed by atoms with Gasteiger partial charge in [-0.2, -0.15) is 0 Å². The number of anilines is 1. The van der Waals surface area contributed by atoms with E-state index in [1.807, 2.05) is 12.1 Å². The van der Waals surface area contributed by atoms with Crippen molar-refractivity contribution in [2.75, 3.05) is 5.32 Å². The molecule has 2 saturated carbocycles. The largest absolute Gasteiger partial charge is 0.364 e. The normalized spacial score (nSPS) is 22.4. The maximum atomic E-state index is 6.60. The van der Waals surface area contributed by atoms with Crippen LogP contribution in [-0.4, -0.2) is 16.0 Å². The summed E-state index contributed by atoms with van der Waals surface area (Å²) >= 11 is 12.7. The first-order valence-corrected chi connectivity index (χ1v) is 11.8. The fourth-order valence-corrected chi connectivity index (χ4v) is 5.17. The highest BCUT2D eigenvalue weighted by molar-refractivity contribution is 6.36. The number of nitrogens with one attached hydrogen (secondary N) is 1. The zero-order chi connectivity index (χ0) is 21.1. The summed E-state index contributed by atoms with van der Waals surface area (Å²) in [4.78, 5) is 10.4. The van der Waals surface area contributed by atoms with E-state index in [0.29, 0.717) is 21.9 Å². The predicted octanol–water partition coefficient (Wildman–Crippen LogP) is 6.24. The van der Waals surface area contributed by atoms with Gasteiger partial charge in [-0.15, -0.1) is 0 Å². The maximum absolute atomic E-state index is 6.60. The molecule has 0 amide bonds. The van der Waals surface area contributed by atoms with Crippen LogP contribution in [0.2, 0.25) is 10.0 Å². The number of fused-ring (bicyclic) bond motifs is 1. The number of hydrogen-bond acceptors (Lipinski definition) is 4. The summed E-state index contributed by atoms with van der Waals surface area (Å²) in [6.45, 7) is 0. The van der Waals surface area contributed by atoms with Crippen molar-refractivity contribution in [1.82, 2.24) is 9.97 Å². The van der Waals surface area contributed by atoms with E-state index in [1.165, 1.54) is 11.1 Å². The average molecular weight is 451 g/mol. The Bertz CT molecular complexity index is 1170. The molecular formula is C25H24Cl2N4. The van der Waals surface area contributed by atoms with Crippen LogP contribution in [0.15, 0.2) is 42.5 Å². The molecule has 3 aliphatic rings. The van der Waals surface area contributed by atoms with E-state index >= 15 is 0 Å². The van der Waals surface area contributed by atoms with E-state index in [0.717, 1.165) is 60.6 Å². The Labute approximate surface area is 192 Å². The van der Waals surface area contributed by atoms with Gasteiger partial charge in [0.25, 0.3) is 0 Å². The molecule has 0 saturated heterocycles. The Morgan fingerprint density at radius 3 is 2.35 bits per heavy atom. The molecule has 1 heterocycles. The number of halogens is 2. The lowest BCUT2D eigenvalue weighted by Crippen LogP contribution is -2.31. The minimum Gasteiger partial charge on any atom is -0.364 e. The maximum Gasteiger partial charge on any atom is 0.148 e. The first-order chi connectivity index (χ1) is 15.1. The minimum atomic E-state index is -0.0418. The Morgan fingerprint density at radius 1 is 0.903 bits per heavy atom. The van der Waals surface area contributed by atoms with Gasteiger partial charge in [-0.3, -0.25) is 0 Å². The summed E-state index contributed by atoms with van der Waals surface area (Å²) in [7, 11) is 0. The van der Waals surface area contributed by atoms with Crippen molar-refractivity contribution in [2.45, 2.75) is 56.0 Å². The van der Waals surface area contributed by atoms with Gasteiger partial charge in [-0.25, -0.2) is 9.97 Å². The van der Waals surface area contributed by atoms with Gasteiger partial charge in [0.2, 0.25) is 0 Å². The van der Waals surface area contributed by atoms with Gasteiger partial charge < -0.3 is 11.1 Å². The summed E-state index contributed by atoms with van der Waals surface area (Å²) in [6, 6.07) is 14.2. The highest BCUT2D eigenvalue weighted by atomic mass is 35.5. The molecule has 2 fully saturated rings. The van der Waals surface area contributed by atoms with Crippen molar-refractivity contribution in [1.29, 1.82) is 0 Å². The van der Waals surface area contributed by atoms with Crippen LogP contribution >= 0.6 is 23.2 Å². The smallest absolute Gasteiger partial charge is 0.148 e. The molecule has 6 rings (SSSR count). The Morgan fingerprint density at radius 2 is 1.65 bits per heavy atom. The van der Waals surface area contributed by atoms with Crippen LogP contribution < -0.4 is 11.1 Å².